The van der Waals surface area contributed by atoms with Gasteiger partial charge in [0.1, 0.15) is 0 Å². The molecule has 0 heterocycles. The van der Waals surface area contributed by atoms with Crippen LogP contribution in [0.25, 0.3) is 0 Å². The monoisotopic (exact) mass is 211 g/mol. The van der Waals surface area contributed by atoms with Crippen molar-refractivity contribution in [1.29, 1.82) is 0 Å². The molecule has 1 aromatic rings. The Balaban J connectivity index is 0. The second-order valence-electron chi connectivity index (χ2n) is 2.33. The van der Waals surface area contributed by atoms with Crippen molar-refractivity contribution in [2.45, 2.75) is 33.7 Å². The van der Waals surface area contributed by atoms with Gasteiger partial charge >= 0.3 is 0 Å². The van der Waals surface area contributed by atoms with Crippen LogP contribution in [0.5, 0.6) is 0 Å². The Labute approximate surface area is 93.3 Å². The molecule has 1 aromatic carbocycles. The highest BCUT2D eigenvalue weighted by atomic mass is 32.1. The van der Waals surface area contributed by atoms with Crippen LogP contribution in [-0.2, 0) is 13.0 Å². The summed E-state index contributed by atoms with van der Waals surface area (Å²) in [4.78, 5) is 0. The van der Waals surface area contributed by atoms with Crippen LogP contribution in [0, 0.1) is 0 Å². The minimum absolute atomic E-state index is 0.657. The lowest BCUT2D eigenvalue weighted by molar-refractivity contribution is 1.00. The number of aryl methyl sites for hydroxylation is 1. The molecule has 0 fully saturated rings. The smallest absolute Gasteiger partial charge is 0.0180 e. The van der Waals surface area contributed by atoms with Crippen molar-refractivity contribution in [3.8, 4) is 0 Å². The Bertz CT molecular complexity index is 200. The highest BCUT2D eigenvalue weighted by Crippen LogP contribution is 2.07. The number of thiocarbonyl (C=S) groups is 1. The maximum atomic E-state index is 5.53. The molecule has 0 spiro atoms. The van der Waals surface area contributed by atoms with Crippen LogP contribution in [-0.4, -0.2) is 5.87 Å². The van der Waals surface area contributed by atoms with Crippen molar-refractivity contribution < 1.29 is 0 Å². The zero-order chi connectivity index (χ0) is 11.4. The topological polar surface area (TPSA) is 26.0 Å². The van der Waals surface area contributed by atoms with E-state index in [0.29, 0.717) is 6.54 Å². The first-order chi connectivity index (χ1) is 6.88. The molecular weight excluding hydrogens is 190 g/mol. The van der Waals surface area contributed by atoms with E-state index in [2.05, 4.69) is 43.2 Å². The predicted molar refractivity (Wildman–Crippen MR) is 69.8 cm³/mol. The maximum Gasteiger partial charge on any atom is 0.0180 e. The third-order valence-corrected chi connectivity index (χ3v) is 1.72. The normalized spacial score (nSPS) is 7.71. The average Bonchev–Trinajstić information content (AvgIpc) is 2.34. The Hall–Kier alpha value is -0.730. The number of rotatable bonds is 2. The first kappa shape index (κ1) is 15.7. The maximum absolute atomic E-state index is 5.53. The van der Waals surface area contributed by atoms with Gasteiger partial charge in [-0.3, -0.25) is 0 Å². The van der Waals surface area contributed by atoms with E-state index in [-0.39, 0.29) is 0 Å². The van der Waals surface area contributed by atoms with E-state index in [0.717, 1.165) is 6.42 Å². The van der Waals surface area contributed by atoms with Crippen LogP contribution < -0.4 is 5.73 Å². The van der Waals surface area contributed by atoms with Crippen molar-refractivity contribution in [2.24, 2.45) is 5.73 Å². The van der Waals surface area contributed by atoms with Gasteiger partial charge in [0.25, 0.3) is 0 Å². The molecule has 0 amide bonds. The van der Waals surface area contributed by atoms with Gasteiger partial charge in [-0.25, -0.2) is 0 Å². The summed E-state index contributed by atoms with van der Waals surface area (Å²) in [7, 11) is 0. The van der Waals surface area contributed by atoms with Crippen LogP contribution in [0.15, 0.2) is 24.3 Å². The van der Waals surface area contributed by atoms with E-state index in [9.17, 15) is 0 Å². The Kier molecular flexibility index (Phi) is 13.8. The van der Waals surface area contributed by atoms with E-state index in [1.807, 2.05) is 19.9 Å². The predicted octanol–water partition coefficient (Wildman–Crippen LogP) is 3.35. The van der Waals surface area contributed by atoms with Gasteiger partial charge in [-0.2, -0.15) is 0 Å². The molecule has 1 nitrogen and oxygen atoms in total. The summed E-state index contributed by atoms with van der Waals surface area (Å²) in [5, 5.41) is 0. The molecule has 2 N–H and O–H groups in total. The molecule has 0 aliphatic carbocycles. The summed E-state index contributed by atoms with van der Waals surface area (Å²) in [6.45, 7) is 6.80. The molecule has 14 heavy (non-hydrogen) atoms. The van der Waals surface area contributed by atoms with E-state index in [1.54, 1.807) is 0 Å². The number of hydrogen-bond acceptors (Lipinski definition) is 2. The lowest BCUT2D eigenvalue weighted by Crippen LogP contribution is -1.99. The SMILES string of the molecule is C=S.CC.CCc1ccccc1CN. The molecule has 0 unspecified atom stereocenters. The van der Waals surface area contributed by atoms with E-state index in [4.69, 9.17) is 5.73 Å². The fourth-order valence-electron chi connectivity index (χ4n) is 1.10. The molecular formula is C12H21NS. The third-order valence-electron chi connectivity index (χ3n) is 1.72. The Morgan fingerprint density at radius 2 is 1.57 bits per heavy atom. The molecule has 0 saturated carbocycles. The summed E-state index contributed by atoms with van der Waals surface area (Å²) in [5.41, 5.74) is 8.16. The molecule has 2 heteroatoms. The molecule has 0 aromatic heterocycles. The van der Waals surface area contributed by atoms with Gasteiger partial charge < -0.3 is 5.73 Å². The Morgan fingerprint density at radius 1 is 1.14 bits per heavy atom. The van der Waals surface area contributed by atoms with E-state index < -0.39 is 0 Å². The molecule has 0 atom stereocenters. The van der Waals surface area contributed by atoms with Crippen molar-refractivity contribution in [3.05, 3.63) is 35.4 Å². The highest BCUT2D eigenvalue weighted by Gasteiger charge is 1.94. The third kappa shape index (κ3) is 5.84. The van der Waals surface area contributed by atoms with Crippen LogP contribution in [0.4, 0.5) is 0 Å². The zero-order valence-corrected chi connectivity index (χ0v) is 10.2. The molecule has 0 saturated heterocycles. The summed E-state index contributed by atoms with van der Waals surface area (Å²) in [5.74, 6) is 2.83. The van der Waals surface area contributed by atoms with E-state index in [1.165, 1.54) is 11.1 Å². The Morgan fingerprint density at radius 3 is 1.86 bits per heavy atom. The average molecular weight is 211 g/mol. The summed E-state index contributed by atoms with van der Waals surface area (Å²) in [6.07, 6.45) is 1.08. The van der Waals surface area contributed by atoms with Gasteiger partial charge in [0.15, 0.2) is 0 Å². The van der Waals surface area contributed by atoms with Gasteiger partial charge in [0, 0.05) is 6.54 Å². The van der Waals surface area contributed by atoms with Gasteiger partial charge in [-0.15, -0.1) is 0 Å². The molecule has 80 valence electrons. The second kappa shape index (κ2) is 12.3. The first-order valence-corrected chi connectivity index (χ1v) is 5.52. The summed E-state index contributed by atoms with van der Waals surface area (Å²) >= 11 is 3.83. The van der Waals surface area contributed by atoms with Gasteiger partial charge in [-0.1, -0.05) is 57.3 Å². The van der Waals surface area contributed by atoms with Crippen LogP contribution in [0.2, 0.25) is 0 Å². The molecule has 0 radical (unpaired) electrons. The molecule has 0 aliphatic rings. The summed E-state index contributed by atoms with van der Waals surface area (Å²) < 4.78 is 0. The molecule has 0 aliphatic heterocycles. The van der Waals surface area contributed by atoms with Gasteiger partial charge in [0.2, 0.25) is 0 Å². The number of hydrogen-bond donors (Lipinski definition) is 1. The second-order valence-corrected chi connectivity index (χ2v) is 2.33. The van der Waals surface area contributed by atoms with Crippen molar-refractivity contribution in [1.82, 2.24) is 0 Å². The van der Waals surface area contributed by atoms with Crippen molar-refractivity contribution in [3.63, 3.8) is 0 Å². The lowest BCUT2D eigenvalue weighted by atomic mass is 10.1. The largest absolute Gasteiger partial charge is 0.326 e. The number of benzene rings is 1. The quantitative estimate of drug-likeness (QED) is 0.759. The van der Waals surface area contributed by atoms with Gasteiger partial charge in [0.05, 0.1) is 0 Å². The highest BCUT2D eigenvalue weighted by molar-refractivity contribution is 7.77. The van der Waals surface area contributed by atoms with Crippen LogP contribution in [0.1, 0.15) is 31.9 Å². The minimum Gasteiger partial charge on any atom is -0.326 e. The van der Waals surface area contributed by atoms with Crippen molar-refractivity contribution in [2.75, 3.05) is 0 Å². The molecule has 1 rings (SSSR count). The zero-order valence-electron chi connectivity index (χ0n) is 9.42. The van der Waals surface area contributed by atoms with Gasteiger partial charge in [-0.05, 0) is 23.4 Å². The first-order valence-electron chi connectivity index (χ1n) is 4.94. The molecule has 0 bridgehead atoms. The van der Waals surface area contributed by atoms with E-state index >= 15 is 0 Å². The van der Waals surface area contributed by atoms with Crippen LogP contribution in [0.3, 0.4) is 0 Å². The lowest BCUT2D eigenvalue weighted by Gasteiger charge is -2.02. The number of nitrogens with two attached hydrogens (primary N) is 1. The fourth-order valence-corrected chi connectivity index (χ4v) is 1.10. The van der Waals surface area contributed by atoms with Crippen molar-refractivity contribution >= 4 is 18.1 Å². The minimum atomic E-state index is 0.657. The summed E-state index contributed by atoms with van der Waals surface area (Å²) in [6, 6.07) is 8.29. The standard InChI is InChI=1S/C9H13N.C2H6.CH2S/c1-2-8-5-3-4-6-9(8)7-10;2*1-2/h3-6H,2,7,10H2,1H3;1-2H3;1H2. The van der Waals surface area contributed by atoms with Crippen LogP contribution >= 0.6 is 12.2 Å². The fraction of sp³-hybridized carbons (Fsp3) is 0.417.